The number of carbonyl (C=O) groups is 1. The Hall–Kier alpha value is -3.54. The maximum Gasteiger partial charge on any atom is 0.258 e. The largest absolute Gasteiger partial charge is 0.298 e. The minimum Gasteiger partial charge on any atom is -0.298 e. The number of rotatable bonds is 4. The van der Waals surface area contributed by atoms with Crippen LogP contribution in [0.4, 0.5) is 5.13 Å². The highest BCUT2D eigenvalue weighted by Crippen LogP contribution is 2.31. The van der Waals surface area contributed by atoms with E-state index in [0.717, 1.165) is 39.0 Å². The molecule has 1 amide bonds. The van der Waals surface area contributed by atoms with E-state index >= 15 is 0 Å². The van der Waals surface area contributed by atoms with Gasteiger partial charge in [-0.25, -0.2) is 9.97 Å². The molecule has 2 heterocycles. The van der Waals surface area contributed by atoms with Gasteiger partial charge in [-0.1, -0.05) is 72.3 Å². The summed E-state index contributed by atoms with van der Waals surface area (Å²) in [6.07, 6.45) is 0. The van der Waals surface area contributed by atoms with Crippen molar-refractivity contribution in [2.45, 2.75) is 6.92 Å². The number of amides is 1. The van der Waals surface area contributed by atoms with Gasteiger partial charge in [0.05, 0.1) is 22.5 Å². The van der Waals surface area contributed by atoms with Crippen molar-refractivity contribution >= 4 is 44.9 Å². The first kappa shape index (κ1) is 20.4. The van der Waals surface area contributed by atoms with Crippen LogP contribution in [0.15, 0.2) is 84.2 Å². The number of nitrogens with one attached hydrogen (secondary N) is 1. The van der Waals surface area contributed by atoms with Gasteiger partial charge in [0.15, 0.2) is 5.13 Å². The highest BCUT2D eigenvalue weighted by molar-refractivity contribution is 7.14. The molecule has 3 aromatic carbocycles. The first-order chi connectivity index (χ1) is 15.6. The average molecular weight is 456 g/mol. The maximum atomic E-state index is 13.4. The molecular weight excluding hydrogens is 438 g/mol. The lowest BCUT2D eigenvalue weighted by atomic mass is 9.97. The van der Waals surface area contributed by atoms with E-state index in [1.807, 2.05) is 91.2 Å². The topological polar surface area (TPSA) is 54.9 Å². The van der Waals surface area contributed by atoms with Crippen LogP contribution in [0.5, 0.6) is 0 Å². The van der Waals surface area contributed by atoms with Gasteiger partial charge in [0.2, 0.25) is 0 Å². The molecule has 6 heteroatoms. The third-order valence-corrected chi connectivity index (χ3v) is 6.28. The zero-order valence-electron chi connectivity index (χ0n) is 17.2. The predicted molar refractivity (Wildman–Crippen MR) is 132 cm³/mol. The zero-order valence-corrected chi connectivity index (χ0v) is 18.7. The smallest absolute Gasteiger partial charge is 0.258 e. The molecule has 0 bridgehead atoms. The Labute approximate surface area is 194 Å². The quantitative estimate of drug-likeness (QED) is 0.310. The molecule has 0 radical (unpaired) electrons. The molecule has 0 fully saturated rings. The summed E-state index contributed by atoms with van der Waals surface area (Å²) < 4.78 is 0. The van der Waals surface area contributed by atoms with Crippen LogP contribution in [-0.4, -0.2) is 15.9 Å². The average Bonchev–Trinajstić information content (AvgIpc) is 3.28. The summed E-state index contributed by atoms with van der Waals surface area (Å²) in [6, 6.07) is 25.1. The van der Waals surface area contributed by atoms with Crippen LogP contribution in [0, 0.1) is 6.92 Å². The predicted octanol–water partition coefficient (Wildman–Crippen LogP) is 7.24. The van der Waals surface area contributed by atoms with Crippen molar-refractivity contribution in [3.63, 3.8) is 0 Å². The Morgan fingerprint density at radius 3 is 2.38 bits per heavy atom. The molecule has 0 aliphatic carbocycles. The van der Waals surface area contributed by atoms with Gasteiger partial charge in [-0.15, -0.1) is 11.3 Å². The monoisotopic (exact) mass is 455 g/mol. The van der Waals surface area contributed by atoms with Gasteiger partial charge in [0.1, 0.15) is 0 Å². The van der Waals surface area contributed by atoms with Crippen LogP contribution in [-0.2, 0) is 0 Å². The van der Waals surface area contributed by atoms with E-state index < -0.39 is 0 Å². The molecule has 0 aliphatic rings. The van der Waals surface area contributed by atoms with Crippen LogP contribution in [0.1, 0.15) is 15.9 Å². The number of carbonyl (C=O) groups excluding carboxylic acids is 1. The van der Waals surface area contributed by atoms with Gasteiger partial charge in [-0.05, 0) is 30.7 Å². The SMILES string of the molecule is Cc1c(-c2ccccc2)nc2ccccc2c1C(=O)Nc1nc(-c2ccc(Cl)cc2)cs1. The van der Waals surface area contributed by atoms with Crippen molar-refractivity contribution in [3.05, 3.63) is 100 Å². The van der Waals surface area contributed by atoms with E-state index in [1.165, 1.54) is 11.3 Å². The number of anilines is 1. The van der Waals surface area contributed by atoms with Gasteiger partial charge in [-0.3, -0.25) is 10.1 Å². The number of pyridine rings is 1. The standard InChI is InChI=1S/C26H18ClN3OS/c1-16-23(20-9-5-6-10-21(20)28-24(16)18-7-3-2-4-8-18)25(31)30-26-29-22(15-32-26)17-11-13-19(27)14-12-17/h2-15H,1H3,(H,29,30,31). The summed E-state index contributed by atoms with van der Waals surface area (Å²) in [5.41, 5.74) is 5.74. The summed E-state index contributed by atoms with van der Waals surface area (Å²) in [7, 11) is 0. The molecule has 4 nitrogen and oxygen atoms in total. The molecule has 2 aromatic heterocycles. The van der Waals surface area contributed by atoms with E-state index in [4.69, 9.17) is 16.6 Å². The molecule has 1 N–H and O–H groups in total. The number of benzene rings is 3. The van der Waals surface area contributed by atoms with Gasteiger partial charge in [0.25, 0.3) is 5.91 Å². The second kappa shape index (κ2) is 8.54. The number of hydrogen-bond donors (Lipinski definition) is 1. The molecule has 156 valence electrons. The lowest BCUT2D eigenvalue weighted by Gasteiger charge is -2.14. The van der Waals surface area contributed by atoms with Gasteiger partial charge >= 0.3 is 0 Å². The van der Waals surface area contributed by atoms with Crippen LogP contribution >= 0.6 is 22.9 Å². The molecular formula is C26H18ClN3OS. The Bertz CT molecular complexity index is 1430. The third kappa shape index (κ3) is 3.88. The molecule has 32 heavy (non-hydrogen) atoms. The number of aromatic nitrogens is 2. The minimum atomic E-state index is -0.199. The van der Waals surface area contributed by atoms with Gasteiger partial charge < -0.3 is 0 Å². The lowest BCUT2D eigenvalue weighted by Crippen LogP contribution is -2.15. The molecule has 0 saturated heterocycles. The fourth-order valence-electron chi connectivity index (χ4n) is 3.72. The number of nitrogens with zero attached hydrogens (tertiary/aromatic N) is 2. The van der Waals surface area contributed by atoms with Crippen LogP contribution in [0.3, 0.4) is 0 Å². The van der Waals surface area contributed by atoms with E-state index in [1.54, 1.807) is 0 Å². The van der Waals surface area contributed by atoms with E-state index in [9.17, 15) is 4.79 Å². The van der Waals surface area contributed by atoms with Crippen LogP contribution in [0.25, 0.3) is 33.4 Å². The Balaban J connectivity index is 1.54. The first-order valence-corrected chi connectivity index (χ1v) is 11.3. The summed E-state index contributed by atoms with van der Waals surface area (Å²) in [5, 5.41) is 6.94. The molecule has 0 atom stereocenters. The third-order valence-electron chi connectivity index (χ3n) is 5.27. The van der Waals surface area contributed by atoms with Crippen molar-refractivity contribution in [2.24, 2.45) is 0 Å². The molecule has 5 aromatic rings. The highest BCUT2D eigenvalue weighted by atomic mass is 35.5. The highest BCUT2D eigenvalue weighted by Gasteiger charge is 2.20. The normalized spacial score (nSPS) is 10.9. The van der Waals surface area contributed by atoms with Crippen molar-refractivity contribution in [1.82, 2.24) is 9.97 Å². The fraction of sp³-hybridized carbons (Fsp3) is 0.0385. The number of halogens is 1. The molecule has 0 aliphatic heterocycles. The van der Waals surface area contributed by atoms with Crippen LogP contribution in [0.2, 0.25) is 5.02 Å². The van der Waals surface area contributed by atoms with Gasteiger partial charge in [0, 0.05) is 26.9 Å². The Morgan fingerprint density at radius 2 is 1.59 bits per heavy atom. The van der Waals surface area contributed by atoms with Gasteiger partial charge in [-0.2, -0.15) is 0 Å². The van der Waals surface area contributed by atoms with Crippen molar-refractivity contribution in [2.75, 3.05) is 5.32 Å². The number of thiazole rings is 1. The molecule has 0 saturated carbocycles. The van der Waals surface area contributed by atoms with E-state index in [2.05, 4.69) is 10.3 Å². The molecule has 5 rings (SSSR count). The molecule has 0 unspecified atom stereocenters. The minimum absolute atomic E-state index is 0.199. The van der Waals surface area contributed by atoms with E-state index in [-0.39, 0.29) is 5.91 Å². The number of para-hydroxylation sites is 1. The van der Waals surface area contributed by atoms with Crippen molar-refractivity contribution in [3.8, 4) is 22.5 Å². The Morgan fingerprint density at radius 1 is 0.875 bits per heavy atom. The second-order valence-corrected chi connectivity index (χ2v) is 8.64. The summed E-state index contributed by atoms with van der Waals surface area (Å²) in [5.74, 6) is -0.199. The van der Waals surface area contributed by atoms with E-state index in [0.29, 0.717) is 15.7 Å². The van der Waals surface area contributed by atoms with Crippen LogP contribution < -0.4 is 5.32 Å². The lowest BCUT2D eigenvalue weighted by molar-refractivity contribution is 0.102. The summed E-state index contributed by atoms with van der Waals surface area (Å²) in [4.78, 5) is 22.9. The van der Waals surface area contributed by atoms with Crippen molar-refractivity contribution < 1.29 is 4.79 Å². The first-order valence-electron chi connectivity index (χ1n) is 10.1. The Kier molecular flexibility index (Phi) is 5.43. The number of hydrogen-bond acceptors (Lipinski definition) is 4. The summed E-state index contributed by atoms with van der Waals surface area (Å²) >= 11 is 7.37. The summed E-state index contributed by atoms with van der Waals surface area (Å²) in [6.45, 7) is 1.94. The molecule has 0 spiro atoms. The maximum absolute atomic E-state index is 13.4. The number of fused-ring (bicyclic) bond motifs is 1. The zero-order chi connectivity index (χ0) is 22.1. The fourth-order valence-corrected chi connectivity index (χ4v) is 4.56. The van der Waals surface area contributed by atoms with Crippen molar-refractivity contribution in [1.29, 1.82) is 0 Å². The second-order valence-electron chi connectivity index (χ2n) is 7.34.